The third-order valence-electron chi connectivity index (χ3n) is 6.16. The Hall–Kier alpha value is -1.42. The summed E-state index contributed by atoms with van der Waals surface area (Å²) in [4.78, 5) is 16.1. The van der Waals surface area contributed by atoms with Crippen molar-refractivity contribution in [2.24, 2.45) is 5.41 Å². The number of halogens is 1. The zero-order valence-electron chi connectivity index (χ0n) is 14.5. The van der Waals surface area contributed by atoms with Crippen molar-refractivity contribution >= 4 is 17.5 Å². The fourth-order valence-electron chi connectivity index (χ4n) is 4.91. The first-order valence-corrected chi connectivity index (χ1v) is 9.50. The molecule has 1 saturated carbocycles. The quantitative estimate of drug-likeness (QED) is 0.704. The van der Waals surface area contributed by atoms with Crippen molar-refractivity contribution < 1.29 is 9.53 Å². The van der Waals surface area contributed by atoms with Crippen molar-refractivity contribution in [2.45, 2.75) is 58.1 Å². The maximum Gasteiger partial charge on any atom is 0.240 e. The van der Waals surface area contributed by atoms with Crippen LogP contribution in [0.25, 0.3) is 0 Å². The molecule has 1 spiro atoms. The topological polar surface area (TPSA) is 32.8 Å². The molecule has 4 nitrogen and oxygen atoms in total. The highest BCUT2D eigenvalue weighted by atomic mass is 35.5. The van der Waals surface area contributed by atoms with Crippen LogP contribution in [0, 0.1) is 5.41 Å². The molecule has 0 aromatic rings. The van der Waals surface area contributed by atoms with Crippen LogP contribution in [0.2, 0.25) is 0 Å². The summed E-state index contributed by atoms with van der Waals surface area (Å²) in [5.74, 6) is 1.07. The van der Waals surface area contributed by atoms with Gasteiger partial charge in [0.15, 0.2) is 6.23 Å². The number of rotatable bonds is 2. The molecule has 2 unspecified atom stereocenters. The van der Waals surface area contributed by atoms with Gasteiger partial charge in [-0.1, -0.05) is 12.5 Å². The first-order valence-electron chi connectivity index (χ1n) is 8.96. The van der Waals surface area contributed by atoms with Gasteiger partial charge in [-0.15, -0.1) is 11.6 Å². The predicted molar refractivity (Wildman–Crippen MR) is 93.8 cm³/mol. The molecule has 3 aliphatic heterocycles. The molecule has 1 saturated heterocycles. The van der Waals surface area contributed by atoms with E-state index < -0.39 is 0 Å². The van der Waals surface area contributed by atoms with E-state index in [4.69, 9.17) is 16.3 Å². The lowest BCUT2D eigenvalue weighted by atomic mass is 9.65. The normalized spacial score (nSPS) is 31.5. The molecule has 1 aliphatic carbocycles. The molecular formula is C19H25ClN2O2. The van der Waals surface area contributed by atoms with Crippen molar-refractivity contribution in [3.05, 3.63) is 35.0 Å². The van der Waals surface area contributed by atoms with Gasteiger partial charge in [-0.3, -0.25) is 4.79 Å². The first kappa shape index (κ1) is 16.1. The van der Waals surface area contributed by atoms with Gasteiger partial charge in [0.25, 0.3) is 0 Å². The lowest BCUT2D eigenvalue weighted by Crippen LogP contribution is -2.39. The Morgan fingerprint density at radius 3 is 3.08 bits per heavy atom. The van der Waals surface area contributed by atoms with Crippen LogP contribution in [-0.2, 0) is 9.53 Å². The van der Waals surface area contributed by atoms with Crippen LogP contribution in [0.3, 0.4) is 0 Å². The lowest BCUT2D eigenvalue weighted by Gasteiger charge is -2.45. The van der Waals surface area contributed by atoms with E-state index in [1.54, 1.807) is 4.90 Å². The number of fused-ring (bicyclic) bond motifs is 1. The van der Waals surface area contributed by atoms with Crippen LogP contribution in [0.1, 0.15) is 51.9 Å². The second-order valence-electron chi connectivity index (χ2n) is 7.34. The van der Waals surface area contributed by atoms with Gasteiger partial charge >= 0.3 is 0 Å². The molecule has 2 fully saturated rings. The van der Waals surface area contributed by atoms with Gasteiger partial charge < -0.3 is 14.5 Å². The molecule has 5 heteroatoms. The van der Waals surface area contributed by atoms with Gasteiger partial charge in [-0.05, 0) is 44.6 Å². The van der Waals surface area contributed by atoms with E-state index >= 15 is 0 Å². The van der Waals surface area contributed by atoms with E-state index in [0.29, 0.717) is 0 Å². The summed E-state index contributed by atoms with van der Waals surface area (Å²) in [5.41, 5.74) is 4.20. The molecule has 130 valence electrons. The summed E-state index contributed by atoms with van der Waals surface area (Å²) in [6, 6.07) is 0. The standard InChI is InChI=1S/C19H25ClN2O2/c1-13-14-7-3-5-9-19(14)11-17(21(2)16(23)12-20)24-18(19)15-8-4-6-10-22(13)15/h6,10,17H,3-5,7-9,11-12H2,1-2H3. The van der Waals surface area contributed by atoms with Crippen molar-refractivity contribution in [3.8, 4) is 0 Å². The Morgan fingerprint density at radius 2 is 2.29 bits per heavy atom. The monoisotopic (exact) mass is 348 g/mol. The third-order valence-corrected chi connectivity index (χ3v) is 6.39. The fourth-order valence-corrected chi connectivity index (χ4v) is 5.10. The van der Waals surface area contributed by atoms with Gasteiger partial charge in [0.1, 0.15) is 11.6 Å². The van der Waals surface area contributed by atoms with Crippen LogP contribution < -0.4 is 0 Å². The number of ether oxygens (including phenoxy) is 1. The molecule has 24 heavy (non-hydrogen) atoms. The van der Waals surface area contributed by atoms with E-state index in [1.165, 1.54) is 29.8 Å². The van der Waals surface area contributed by atoms with Gasteiger partial charge in [-0.2, -0.15) is 0 Å². The molecule has 0 aromatic heterocycles. The lowest BCUT2D eigenvalue weighted by molar-refractivity contribution is -0.135. The summed E-state index contributed by atoms with van der Waals surface area (Å²) in [5, 5.41) is 0. The minimum atomic E-state index is -0.203. The van der Waals surface area contributed by atoms with Crippen LogP contribution in [-0.4, -0.2) is 34.9 Å². The van der Waals surface area contributed by atoms with E-state index in [9.17, 15) is 4.79 Å². The Morgan fingerprint density at radius 1 is 1.46 bits per heavy atom. The molecule has 0 N–H and O–H groups in total. The van der Waals surface area contributed by atoms with Crippen LogP contribution in [0.4, 0.5) is 0 Å². The number of allylic oxidation sites excluding steroid dienone is 4. The average molecular weight is 349 g/mol. The summed E-state index contributed by atoms with van der Waals surface area (Å²) in [6.45, 7) is 2.25. The molecule has 4 aliphatic rings. The van der Waals surface area contributed by atoms with Crippen LogP contribution in [0.5, 0.6) is 0 Å². The van der Waals surface area contributed by atoms with Crippen molar-refractivity contribution in [1.29, 1.82) is 0 Å². The summed E-state index contributed by atoms with van der Waals surface area (Å²) < 4.78 is 6.44. The zero-order valence-corrected chi connectivity index (χ0v) is 15.2. The molecule has 1 amide bonds. The largest absolute Gasteiger partial charge is 0.472 e. The highest BCUT2D eigenvalue weighted by Crippen LogP contribution is 2.60. The molecule has 3 heterocycles. The highest BCUT2D eigenvalue weighted by molar-refractivity contribution is 6.27. The number of alkyl halides is 1. The van der Waals surface area contributed by atoms with Gasteiger partial charge in [-0.25, -0.2) is 0 Å². The maximum absolute atomic E-state index is 12.1. The summed E-state index contributed by atoms with van der Waals surface area (Å²) >= 11 is 5.76. The van der Waals surface area contributed by atoms with Crippen molar-refractivity contribution in [3.63, 3.8) is 0 Å². The number of nitrogens with zero attached hydrogens (tertiary/aromatic N) is 2. The Kier molecular flexibility index (Phi) is 3.91. The molecule has 2 atom stereocenters. The van der Waals surface area contributed by atoms with E-state index in [-0.39, 0.29) is 23.4 Å². The molecule has 0 radical (unpaired) electrons. The van der Waals surface area contributed by atoms with Gasteiger partial charge in [0.05, 0.1) is 11.1 Å². The minimum absolute atomic E-state index is 0.00483. The van der Waals surface area contributed by atoms with E-state index in [2.05, 4.69) is 24.1 Å². The maximum atomic E-state index is 12.1. The Balaban J connectivity index is 1.79. The zero-order chi connectivity index (χ0) is 16.9. The number of hydrogen-bond acceptors (Lipinski definition) is 3. The van der Waals surface area contributed by atoms with Crippen molar-refractivity contribution in [1.82, 2.24) is 9.80 Å². The highest BCUT2D eigenvalue weighted by Gasteiger charge is 2.55. The number of carbonyl (C=O) groups excluding carboxylic acids is 1. The SMILES string of the molecule is CC1=C2CCCCC23CC(N(C)C(=O)CCl)OC3=C2CCC=CN12. The number of carbonyl (C=O) groups is 1. The van der Waals surface area contributed by atoms with Crippen molar-refractivity contribution in [2.75, 3.05) is 12.9 Å². The van der Waals surface area contributed by atoms with Gasteiger partial charge in [0, 0.05) is 25.4 Å². The second kappa shape index (κ2) is 5.83. The smallest absolute Gasteiger partial charge is 0.240 e. The third kappa shape index (κ3) is 2.15. The molecule has 4 rings (SSSR count). The van der Waals surface area contributed by atoms with E-state index in [0.717, 1.165) is 37.9 Å². The molecular weight excluding hydrogens is 324 g/mol. The van der Waals surface area contributed by atoms with E-state index in [1.807, 2.05) is 7.05 Å². The Labute approximate surface area is 148 Å². The minimum Gasteiger partial charge on any atom is -0.472 e. The number of hydrogen-bond donors (Lipinski definition) is 0. The van der Waals surface area contributed by atoms with Crippen LogP contribution >= 0.6 is 11.6 Å². The fraction of sp³-hybridized carbons (Fsp3) is 0.632. The van der Waals surface area contributed by atoms with Crippen LogP contribution in [0.15, 0.2) is 35.0 Å². The molecule has 0 bridgehead atoms. The first-order chi connectivity index (χ1) is 11.6. The molecule has 0 aromatic carbocycles. The summed E-state index contributed by atoms with van der Waals surface area (Å²) in [7, 11) is 1.81. The van der Waals surface area contributed by atoms with Gasteiger partial charge in [0.2, 0.25) is 5.91 Å². The summed E-state index contributed by atoms with van der Waals surface area (Å²) in [6.07, 6.45) is 11.9. The Bertz CT molecular complexity index is 666. The average Bonchev–Trinajstić information content (AvgIpc) is 3.00. The number of amides is 1. The second-order valence-corrected chi connectivity index (χ2v) is 7.60. The predicted octanol–water partition coefficient (Wildman–Crippen LogP) is 4.10.